The molecule has 0 heterocycles. The number of hydrogen-bond donors (Lipinski definition) is 1. The van der Waals surface area contributed by atoms with Gasteiger partial charge >= 0.3 is 11.8 Å². The van der Waals surface area contributed by atoms with Gasteiger partial charge in [-0.2, -0.15) is 0 Å². The monoisotopic (exact) mass is 201 g/mol. The fourth-order valence-electron chi connectivity index (χ4n) is 0.524. The first kappa shape index (κ1) is 12.1. The van der Waals surface area contributed by atoms with E-state index in [1.54, 1.807) is 6.92 Å². The smallest absolute Gasteiger partial charge is 0.327 e. The maximum Gasteiger partial charge on any atom is 0.327 e. The van der Waals surface area contributed by atoms with Gasteiger partial charge in [0.05, 0.1) is 6.61 Å². The van der Waals surface area contributed by atoms with Gasteiger partial charge in [0.2, 0.25) is 0 Å². The summed E-state index contributed by atoms with van der Waals surface area (Å²) in [6.45, 7) is 1.78. The van der Waals surface area contributed by atoms with Crippen molar-refractivity contribution in [2.45, 2.75) is 6.92 Å². The maximum atomic E-state index is 10.7. The Bertz CT molecular complexity index is 272. The Morgan fingerprint density at radius 3 is 2.86 bits per heavy atom. The van der Waals surface area contributed by atoms with Gasteiger partial charge in [-0.05, 0) is 11.8 Å². The van der Waals surface area contributed by atoms with Gasteiger partial charge in [0.25, 0.3) is 0 Å². The number of ether oxygens (including phenoxy) is 1. The number of nitrogens with two attached hydrogens (primary N) is 1. The van der Waals surface area contributed by atoms with Crippen molar-refractivity contribution < 1.29 is 14.5 Å². The van der Waals surface area contributed by atoms with Gasteiger partial charge in [0.1, 0.15) is 6.54 Å². The average Bonchev–Trinajstić information content (AvgIpc) is 2.12. The van der Waals surface area contributed by atoms with Crippen LogP contribution in [0.1, 0.15) is 6.92 Å². The Morgan fingerprint density at radius 1 is 1.71 bits per heavy atom. The third kappa shape index (κ3) is 5.70. The molecule has 7 nitrogen and oxygen atoms in total. The van der Waals surface area contributed by atoms with Crippen LogP contribution < -0.4 is 5.73 Å². The van der Waals surface area contributed by atoms with Crippen molar-refractivity contribution in [1.29, 1.82) is 0 Å². The van der Waals surface area contributed by atoms with Crippen LogP contribution in [-0.4, -0.2) is 30.3 Å². The number of allylic oxidation sites excluding steroid dienone is 1. The summed E-state index contributed by atoms with van der Waals surface area (Å²) >= 11 is 0. The van der Waals surface area contributed by atoms with Crippen molar-refractivity contribution in [1.82, 2.24) is 0 Å². The summed E-state index contributed by atoms with van der Waals surface area (Å²) < 4.78 is 4.56. The summed E-state index contributed by atoms with van der Waals surface area (Å²) in [6.07, 6.45) is 2.09. The molecule has 0 atom stereocenters. The molecule has 7 heteroatoms. The van der Waals surface area contributed by atoms with E-state index >= 15 is 0 Å². The predicted octanol–water partition coefficient (Wildman–Crippen LogP) is -0.303. The number of nitrogens with zero attached hydrogens (tertiary/aromatic N) is 2. The summed E-state index contributed by atoms with van der Waals surface area (Å²) in [5, 5.41) is 9.99. The summed E-state index contributed by atoms with van der Waals surface area (Å²) in [7, 11) is 0. The molecule has 78 valence electrons. The molecule has 0 unspecified atom stereocenters. The van der Waals surface area contributed by atoms with E-state index in [1.807, 2.05) is 0 Å². The highest BCUT2D eigenvalue weighted by atomic mass is 16.6. The van der Waals surface area contributed by atoms with Crippen LogP contribution in [-0.2, 0) is 9.53 Å². The second-order valence-corrected chi connectivity index (χ2v) is 2.14. The van der Waals surface area contributed by atoms with E-state index in [1.165, 1.54) is 0 Å². The molecule has 0 radical (unpaired) electrons. The molecule has 14 heavy (non-hydrogen) atoms. The highest BCUT2D eigenvalue weighted by Gasteiger charge is 1.98. The molecule has 0 saturated carbocycles. The van der Waals surface area contributed by atoms with Crippen LogP contribution in [0.4, 0.5) is 0 Å². The lowest BCUT2D eigenvalue weighted by Crippen LogP contribution is -2.09. The number of carbonyl (C=O) groups excluding carboxylic acids is 1. The number of hydrogen-bond acceptors (Lipinski definition) is 6. The molecule has 0 bridgehead atoms. The van der Waals surface area contributed by atoms with Crippen molar-refractivity contribution in [2.24, 2.45) is 10.7 Å². The van der Waals surface area contributed by atoms with Gasteiger partial charge in [0.15, 0.2) is 0 Å². The third-order valence-electron chi connectivity index (χ3n) is 1.09. The molecule has 0 aromatic rings. The van der Waals surface area contributed by atoms with E-state index in [-0.39, 0.29) is 13.2 Å². The summed E-state index contributed by atoms with van der Waals surface area (Å²) in [4.78, 5) is 23.5. The van der Waals surface area contributed by atoms with Gasteiger partial charge < -0.3 is 14.9 Å². The van der Waals surface area contributed by atoms with Crippen LogP contribution in [0.2, 0.25) is 0 Å². The second kappa shape index (κ2) is 6.58. The number of rotatable bonds is 5. The Hall–Kier alpha value is -1.92. The third-order valence-corrected chi connectivity index (χ3v) is 1.09. The van der Waals surface area contributed by atoms with Crippen molar-refractivity contribution in [2.75, 3.05) is 13.2 Å². The fourth-order valence-corrected chi connectivity index (χ4v) is 0.524. The Balaban J connectivity index is 3.90. The van der Waals surface area contributed by atoms with E-state index in [4.69, 9.17) is 5.73 Å². The van der Waals surface area contributed by atoms with E-state index in [0.29, 0.717) is 0 Å². The van der Waals surface area contributed by atoms with E-state index in [9.17, 15) is 14.9 Å². The van der Waals surface area contributed by atoms with Crippen LogP contribution in [0.25, 0.3) is 0 Å². The van der Waals surface area contributed by atoms with Crippen LogP contribution in [0.15, 0.2) is 16.9 Å². The van der Waals surface area contributed by atoms with Crippen LogP contribution in [0, 0.1) is 10.1 Å². The molecule has 0 aromatic carbocycles. The molecule has 0 amide bonds. The van der Waals surface area contributed by atoms with E-state index in [2.05, 4.69) is 9.73 Å². The maximum absolute atomic E-state index is 10.7. The Kier molecular flexibility index (Phi) is 5.68. The molecule has 0 aliphatic carbocycles. The quantitative estimate of drug-likeness (QED) is 0.284. The molecule has 2 N–H and O–H groups in total. The predicted molar refractivity (Wildman–Crippen MR) is 49.3 cm³/mol. The van der Waals surface area contributed by atoms with Crippen LogP contribution >= 0.6 is 0 Å². The zero-order valence-electron chi connectivity index (χ0n) is 7.67. The first-order valence-corrected chi connectivity index (χ1v) is 3.83. The fraction of sp³-hybridized carbons (Fsp3) is 0.429. The van der Waals surface area contributed by atoms with Gasteiger partial charge in [-0.15, -0.1) is 0 Å². The minimum Gasteiger partial charge on any atom is -0.465 e. The molecule has 0 fully saturated rings. The zero-order chi connectivity index (χ0) is 11.0. The van der Waals surface area contributed by atoms with Gasteiger partial charge in [-0.3, -0.25) is 15.5 Å². The summed E-state index contributed by atoms with van der Waals surface area (Å²) in [6, 6.07) is 0. The highest BCUT2D eigenvalue weighted by molar-refractivity contribution is 5.77. The molecule has 0 aliphatic heterocycles. The lowest BCUT2D eigenvalue weighted by atomic mass is 10.6. The molecular formula is C7H11N3O4. The van der Waals surface area contributed by atoms with E-state index < -0.39 is 16.7 Å². The molecule has 0 spiro atoms. The zero-order valence-corrected chi connectivity index (χ0v) is 7.67. The van der Waals surface area contributed by atoms with Gasteiger partial charge in [-0.25, -0.2) is 0 Å². The molecule has 0 aliphatic rings. The van der Waals surface area contributed by atoms with Gasteiger partial charge in [-0.1, -0.05) is 0 Å². The molecule has 0 rings (SSSR count). The highest BCUT2D eigenvalue weighted by Crippen LogP contribution is 1.83. The van der Waals surface area contributed by atoms with Crippen LogP contribution in [0.5, 0.6) is 0 Å². The standard InChI is InChI=1S/C7H11N3O4/c1-2-14-7(11)5-9-4-3-6(8)10(12)13/h3-4H,2,5,8H2,1H3. The summed E-state index contributed by atoms with van der Waals surface area (Å²) in [5.74, 6) is -1.02. The number of aliphatic imine (C=N–C) groups is 1. The minimum atomic E-state index is -0.754. The number of carbonyl (C=O) groups is 1. The second-order valence-electron chi connectivity index (χ2n) is 2.14. The number of esters is 1. The first-order chi connectivity index (χ1) is 6.57. The van der Waals surface area contributed by atoms with Crippen molar-refractivity contribution >= 4 is 12.2 Å². The topological polar surface area (TPSA) is 108 Å². The SMILES string of the molecule is CCOC(=O)CN=CC=C(N)[N+](=O)[O-]. The van der Waals surface area contributed by atoms with Gasteiger partial charge in [0, 0.05) is 12.3 Å². The van der Waals surface area contributed by atoms with Crippen molar-refractivity contribution in [3.8, 4) is 0 Å². The summed E-state index contributed by atoms with van der Waals surface area (Å²) in [5.41, 5.74) is 4.95. The first-order valence-electron chi connectivity index (χ1n) is 3.83. The molecule has 0 aromatic heterocycles. The lowest BCUT2D eigenvalue weighted by molar-refractivity contribution is -0.426. The number of nitro groups is 1. The Labute approximate surface area is 80.4 Å². The Morgan fingerprint density at radius 2 is 2.36 bits per heavy atom. The molecule has 0 saturated heterocycles. The lowest BCUT2D eigenvalue weighted by Gasteiger charge is -1.95. The largest absolute Gasteiger partial charge is 0.465 e. The van der Waals surface area contributed by atoms with Crippen molar-refractivity contribution in [3.05, 3.63) is 22.0 Å². The minimum absolute atomic E-state index is 0.171. The van der Waals surface area contributed by atoms with E-state index in [0.717, 1.165) is 12.3 Å². The van der Waals surface area contributed by atoms with Crippen LogP contribution in [0.3, 0.4) is 0 Å². The van der Waals surface area contributed by atoms with Crippen molar-refractivity contribution in [3.63, 3.8) is 0 Å². The average molecular weight is 201 g/mol. The molecular weight excluding hydrogens is 190 g/mol. The normalized spacial score (nSPS) is 11.6.